The van der Waals surface area contributed by atoms with Gasteiger partial charge in [0.15, 0.2) is 5.16 Å². The molecule has 0 aliphatic heterocycles. The van der Waals surface area contributed by atoms with Gasteiger partial charge in [-0.15, -0.1) is 0 Å². The molecule has 0 spiro atoms. The van der Waals surface area contributed by atoms with Crippen LogP contribution in [0.25, 0.3) is 0 Å². The zero-order valence-corrected chi connectivity index (χ0v) is 8.19. The summed E-state index contributed by atoms with van der Waals surface area (Å²) >= 11 is 1.56. The predicted molar refractivity (Wildman–Crippen MR) is 51.2 cm³/mol. The standard InChI is InChI=1S/C8H13N3S/c1-3-9-4-7-5-10-8(12-2)11-6-7/h5-6,9H,3-4H2,1-2H3. The summed E-state index contributed by atoms with van der Waals surface area (Å²) in [7, 11) is 0. The lowest BCUT2D eigenvalue weighted by molar-refractivity contribution is 0.716. The summed E-state index contributed by atoms with van der Waals surface area (Å²) in [5.74, 6) is 0. The summed E-state index contributed by atoms with van der Waals surface area (Å²) in [5, 5.41) is 4.04. The van der Waals surface area contributed by atoms with E-state index in [1.54, 1.807) is 11.8 Å². The van der Waals surface area contributed by atoms with Crippen molar-refractivity contribution < 1.29 is 0 Å². The van der Waals surface area contributed by atoms with Crippen LogP contribution in [0.4, 0.5) is 0 Å². The van der Waals surface area contributed by atoms with Crippen molar-refractivity contribution in [3.05, 3.63) is 18.0 Å². The molecule has 1 rings (SSSR count). The first-order valence-electron chi connectivity index (χ1n) is 3.92. The Bertz CT molecular complexity index is 222. The largest absolute Gasteiger partial charge is 0.313 e. The van der Waals surface area contributed by atoms with E-state index < -0.39 is 0 Å². The van der Waals surface area contributed by atoms with Crippen LogP contribution in [0.3, 0.4) is 0 Å². The molecule has 0 aromatic carbocycles. The summed E-state index contributed by atoms with van der Waals surface area (Å²) in [6.45, 7) is 3.91. The number of nitrogens with zero attached hydrogens (tertiary/aromatic N) is 2. The molecule has 1 heterocycles. The Morgan fingerprint density at radius 2 is 2.08 bits per heavy atom. The highest BCUT2D eigenvalue weighted by molar-refractivity contribution is 7.98. The first-order chi connectivity index (χ1) is 5.86. The molecule has 1 N–H and O–H groups in total. The van der Waals surface area contributed by atoms with Gasteiger partial charge in [-0.25, -0.2) is 9.97 Å². The van der Waals surface area contributed by atoms with Crippen molar-refractivity contribution in [3.8, 4) is 0 Å². The number of aromatic nitrogens is 2. The van der Waals surface area contributed by atoms with Gasteiger partial charge in [0.1, 0.15) is 0 Å². The molecule has 0 bridgehead atoms. The first-order valence-corrected chi connectivity index (χ1v) is 5.15. The van der Waals surface area contributed by atoms with Crippen molar-refractivity contribution in [3.63, 3.8) is 0 Å². The van der Waals surface area contributed by atoms with Gasteiger partial charge in [-0.2, -0.15) is 0 Å². The van der Waals surface area contributed by atoms with Crippen LogP contribution in [0.5, 0.6) is 0 Å². The van der Waals surface area contributed by atoms with Crippen LogP contribution >= 0.6 is 11.8 Å². The lowest BCUT2D eigenvalue weighted by Crippen LogP contribution is -2.12. The maximum absolute atomic E-state index is 4.16. The van der Waals surface area contributed by atoms with Gasteiger partial charge in [-0.05, 0) is 12.8 Å². The molecule has 1 aromatic rings. The predicted octanol–water partition coefficient (Wildman–Crippen LogP) is 1.31. The number of hydrogen-bond donors (Lipinski definition) is 1. The summed E-state index contributed by atoms with van der Waals surface area (Å²) < 4.78 is 0. The van der Waals surface area contributed by atoms with E-state index in [1.165, 1.54) is 0 Å². The average Bonchev–Trinajstić information content (AvgIpc) is 2.15. The van der Waals surface area contributed by atoms with Crippen molar-refractivity contribution in [2.75, 3.05) is 12.8 Å². The Balaban J connectivity index is 2.53. The van der Waals surface area contributed by atoms with E-state index >= 15 is 0 Å². The molecular weight excluding hydrogens is 170 g/mol. The lowest BCUT2D eigenvalue weighted by Gasteiger charge is -2.00. The average molecular weight is 183 g/mol. The van der Waals surface area contributed by atoms with Crippen LogP contribution < -0.4 is 5.32 Å². The summed E-state index contributed by atoms with van der Waals surface area (Å²) in [5.41, 5.74) is 1.13. The summed E-state index contributed by atoms with van der Waals surface area (Å²) in [6.07, 6.45) is 5.70. The van der Waals surface area contributed by atoms with Gasteiger partial charge in [-0.1, -0.05) is 18.7 Å². The molecule has 66 valence electrons. The Kier molecular flexibility index (Phi) is 4.04. The highest BCUT2D eigenvalue weighted by Gasteiger charge is 1.94. The quantitative estimate of drug-likeness (QED) is 0.564. The second-order valence-corrected chi connectivity index (χ2v) is 3.13. The summed E-state index contributed by atoms with van der Waals surface area (Å²) in [4.78, 5) is 8.32. The molecule has 0 aliphatic rings. The minimum absolute atomic E-state index is 0.829. The fourth-order valence-corrected chi connectivity index (χ4v) is 1.13. The second kappa shape index (κ2) is 5.11. The van der Waals surface area contributed by atoms with Crippen molar-refractivity contribution >= 4 is 11.8 Å². The van der Waals surface area contributed by atoms with E-state index in [0.717, 1.165) is 23.8 Å². The van der Waals surface area contributed by atoms with E-state index in [1.807, 2.05) is 18.6 Å². The van der Waals surface area contributed by atoms with Crippen LogP contribution in [-0.2, 0) is 6.54 Å². The van der Waals surface area contributed by atoms with E-state index in [2.05, 4.69) is 22.2 Å². The summed E-state index contributed by atoms with van der Waals surface area (Å²) in [6, 6.07) is 0. The molecule has 0 radical (unpaired) electrons. The Morgan fingerprint density at radius 1 is 1.42 bits per heavy atom. The molecule has 1 aromatic heterocycles. The van der Waals surface area contributed by atoms with Gasteiger partial charge in [0.2, 0.25) is 0 Å². The van der Waals surface area contributed by atoms with E-state index in [0.29, 0.717) is 0 Å². The van der Waals surface area contributed by atoms with Crippen molar-refractivity contribution in [2.45, 2.75) is 18.6 Å². The number of rotatable bonds is 4. The second-order valence-electron chi connectivity index (χ2n) is 2.36. The van der Waals surface area contributed by atoms with Crippen molar-refractivity contribution in [1.29, 1.82) is 0 Å². The van der Waals surface area contributed by atoms with Crippen molar-refractivity contribution in [2.24, 2.45) is 0 Å². The minimum atomic E-state index is 0.829. The highest BCUT2D eigenvalue weighted by atomic mass is 32.2. The molecule has 3 nitrogen and oxygen atoms in total. The topological polar surface area (TPSA) is 37.8 Å². The third-order valence-corrected chi connectivity index (χ3v) is 2.02. The van der Waals surface area contributed by atoms with Crippen LogP contribution in [0.2, 0.25) is 0 Å². The third kappa shape index (κ3) is 2.79. The van der Waals surface area contributed by atoms with Crippen LogP contribution in [-0.4, -0.2) is 22.8 Å². The zero-order valence-electron chi connectivity index (χ0n) is 7.37. The highest BCUT2D eigenvalue weighted by Crippen LogP contribution is 2.06. The van der Waals surface area contributed by atoms with Gasteiger partial charge in [0.05, 0.1) is 0 Å². The maximum atomic E-state index is 4.16. The molecule has 0 fully saturated rings. The maximum Gasteiger partial charge on any atom is 0.187 e. The van der Waals surface area contributed by atoms with Gasteiger partial charge in [-0.3, -0.25) is 0 Å². The smallest absolute Gasteiger partial charge is 0.187 e. The molecule has 0 saturated heterocycles. The normalized spacial score (nSPS) is 10.2. The zero-order chi connectivity index (χ0) is 8.81. The molecule has 0 unspecified atom stereocenters. The fraction of sp³-hybridized carbons (Fsp3) is 0.500. The molecule has 0 aliphatic carbocycles. The Morgan fingerprint density at radius 3 is 2.58 bits per heavy atom. The molecule has 0 saturated carbocycles. The van der Waals surface area contributed by atoms with Crippen LogP contribution in [0.15, 0.2) is 17.6 Å². The number of thioether (sulfide) groups is 1. The van der Waals surface area contributed by atoms with Gasteiger partial charge in [0.25, 0.3) is 0 Å². The van der Waals surface area contributed by atoms with Gasteiger partial charge >= 0.3 is 0 Å². The van der Waals surface area contributed by atoms with Gasteiger partial charge in [0, 0.05) is 24.5 Å². The third-order valence-electron chi connectivity index (χ3n) is 1.44. The van der Waals surface area contributed by atoms with E-state index in [9.17, 15) is 0 Å². The number of hydrogen-bond acceptors (Lipinski definition) is 4. The minimum Gasteiger partial charge on any atom is -0.313 e. The molecular formula is C8H13N3S. The lowest BCUT2D eigenvalue weighted by atomic mass is 10.3. The molecule has 12 heavy (non-hydrogen) atoms. The first kappa shape index (κ1) is 9.48. The SMILES string of the molecule is CCNCc1cnc(SC)nc1. The van der Waals surface area contributed by atoms with Crippen LogP contribution in [0.1, 0.15) is 12.5 Å². The Labute approximate surface area is 77.0 Å². The molecule has 4 heteroatoms. The fourth-order valence-electron chi connectivity index (χ4n) is 0.809. The Hall–Kier alpha value is -0.610. The molecule has 0 amide bonds. The van der Waals surface area contributed by atoms with Crippen LogP contribution in [0, 0.1) is 0 Å². The molecule has 0 atom stereocenters. The van der Waals surface area contributed by atoms with E-state index in [4.69, 9.17) is 0 Å². The number of nitrogens with one attached hydrogen (secondary N) is 1. The van der Waals surface area contributed by atoms with E-state index in [-0.39, 0.29) is 0 Å². The van der Waals surface area contributed by atoms with Gasteiger partial charge < -0.3 is 5.32 Å². The van der Waals surface area contributed by atoms with Crippen molar-refractivity contribution in [1.82, 2.24) is 15.3 Å². The monoisotopic (exact) mass is 183 g/mol.